The first-order chi connectivity index (χ1) is 36.4. The molecule has 0 saturated carbocycles. The standard InChI is InChI=1S/C46H30N4O24S4.8Na/c51-39(48-34-16-30(76(64,65)66)12-21-11-29(75-74-73-63)15-33(37(21)34)47-41(53)23-5-25(43(55)56)9-26(6-23)44(57)58)19-2-1-3-20(4-19)40(52)49-35-17-31(77(67,68)69)13-22-14-32(78(70,71)72)18-36(38(22)35)50-42(54)24-7-27(45(59)60)10-28(8-24)46(61)62;;;;;;;;/h1-18,63H,(H,47,53)(H,48,51)(H,49,52)(H,50,54)(H,55,56)(H,57,58)(H,59,60)(H,61,62)(H,64,65,66)(H,67,68,69)(H,70,71,72);;;;;;;;/q;8*+1/p-8. The third-order valence-electron chi connectivity index (χ3n) is 10.7. The van der Waals surface area contributed by atoms with Gasteiger partial charge in [0.2, 0.25) is 0 Å². The van der Waals surface area contributed by atoms with E-state index in [1.165, 1.54) is 0 Å². The minimum Gasteiger partial charge on any atom is -0.744 e. The van der Waals surface area contributed by atoms with E-state index < -0.39 is 171 Å². The quantitative estimate of drug-likeness (QED) is 0.0204. The molecule has 4 N–H and O–H groups in total. The zero-order valence-electron chi connectivity index (χ0n) is 45.8. The van der Waals surface area contributed by atoms with Crippen LogP contribution in [0.25, 0.3) is 21.5 Å². The van der Waals surface area contributed by atoms with Gasteiger partial charge >= 0.3 is 236 Å². The van der Waals surface area contributed by atoms with Gasteiger partial charge in [0, 0.05) is 37.9 Å². The molecular formula is C46H22N4Na8O24S4. The third-order valence-corrected chi connectivity index (χ3v) is 13.7. The Morgan fingerprint density at radius 2 is 0.616 bits per heavy atom. The summed E-state index contributed by atoms with van der Waals surface area (Å²) in [5, 5.41) is 67.9. The van der Waals surface area contributed by atoms with Gasteiger partial charge in [0.25, 0.3) is 23.6 Å². The fraction of sp³-hybridized carbons (Fsp3) is 0. The molecule has 0 aliphatic rings. The molecule has 0 atom stereocenters. The average molecular weight is 1330 g/mol. The van der Waals surface area contributed by atoms with Crippen LogP contribution < -0.4 is 283 Å². The zero-order chi connectivity index (χ0) is 57.3. The summed E-state index contributed by atoms with van der Waals surface area (Å²) in [6.07, 6.45) is 0. The molecular weight excluding hydrogens is 1300 g/mol. The molecule has 0 radical (unpaired) electrons. The summed E-state index contributed by atoms with van der Waals surface area (Å²) in [6, 6.07) is 13.6. The van der Waals surface area contributed by atoms with Gasteiger partial charge in [-0.05, 0) is 136 Å². The van der Waals surface area contributed by atoms with Crippen molar-refractivity contribution in [1.82, 2.24) is 0 Å². The summed E-state index contributed by atoms with van der Waals surface area (Å²) in [5.41, 5.74) is -8.15. The summed E-state index contributed by atoms with van der Waals surface area (Å²) >= 11 is 0.178. The Balaban J connectivity index is 0. The number of rotatable bonds is 18. The molecule has 0 aliphatic heterocycles. The fourth-order valence-electron chi connectivity index (χ4n) is 7.42. The van der Waals surface area contributed by atoms with Gasteiger partial charge < -0.3 is 79.8 Å². The smallest absolute Gasteiger partial charge is 0.744 e. The number of amides is 4. The molecule has 0 fully saturated rings. The first-order valence-electron chi connectivity index (χ1n) is 20.7. The van der Waals surface area contributed by atoms with Crippen LogP contribution in [-0.4, -0.2) is 86.4 Å². The molecule has 0 bridgehead atoms. The van der Waals surface area contributed by atoms with Gasteiger partial charge in [-0.3, -0.25) is 24.2 Å². The van der Waals surface area contributed by atoms with Crippen molar-refractivity contribution in [2.45, 2.75) is 19.6 Å². The number of anilines is 4. The largest absolute Gasteiger partial charge is 1.00 e. The summed E-state index contributed by atoms with van der Waals surface area (Å²) < 4.78 is 116. The summed E-state index contributed by atoms with van der Waals surface area (Å²) in [6.45, 7) is 0. The number of carbonyl (C=O) groups excluding carboxylic acids is 8. The summed E-state index contributed by atoms with van der Waals surface area (Å²) in [7, 11) is -16.5. The van der Waals surface area contributed by atoms with E-state index in [0.29, 0.717) is 66.7 Å². The minimum atomic E-state index is -5.53. The minimum absolute atomic E-state index is 0. The average Bonchev–Trinajstić information content (AvgIpc) is 2.67. The molecule has 7 aromatic rings. The third kappa shape index (κ3) is 22.0. The van der Waals surface area contributed by atoms with Gasteiger partial charge in [-0.15, -0.1) is 0 Å². The van der Waals surface area contributed by atoms with Crippen molar-refractivity contribution in [2.75, 3.05) is 21.3 Å². The monoisotopic (exact) mass is 1330 g/mol. The Labute approximate surface area is 666 Å². The molecule has 4 amide bonds. The number of carboxylic acid groups (broad SMARTS) is 4. The van der Waals surface area contributed by atoms with Crippen LogP contribution in [0.3, 0.4) is 0 Å². The van der Waals surface area contributed by atoms with E-state index in [9.17, 15) is 103 Å². The first kappa shape index (κ1) is 86.8. The van der Waals surface area contributed by atoms with Gasteiger partial charge in [-0.2, -0.15) is 4.33 Å². The van der Waals surface area contributed by atoms with Crippen molar-refractivity contribution in [1.29, 1.82) is 0 Å². The molecule has 0 unspecified atom stereocenters. The molecule has 0 heterocycles. The molecule has 0 saturated heterocycles. The van der Waals surface area contributed by atoms with E-state index in [2.05, 4.69) is 30.6 Å². The zero-order valence-corrected chi connectivity index (χ0v) is 65.1. The van der Waals surface area contributed by atoms with Crippen molar-refractivity contribution >= 4 is 134 Å². The van der Waals surface area contributed by atoms with Gasteiger partial charge in [0.1, 0.15) is 30.4 Å². The SMILES string of the molecule is O=C([O-])c1cc(C(=O)[O-])cc(C(=O)Nc2cc(SOO[O-])cc3cc(S(=O)(=O)[O-])cc(NC(=O)c4cccc(C(=O)Nc5cc(S(=O)(=O)[O-])cc6cc(S(=O)(=O)[O-])cc(NC(=O)c7cc(C(=O)[O-])cc(C(=O)[O-])c7)c56)c4)c23)c1.[Na+].[Na+].[Na+].[Na+].[Na+].[Na+].[Na+].[Na+]. The maximum absolute atomic E-state index is 14.1. The predicted octanol–water partition coefficient (Wildman–Crippen LogP) is -25.6. The summed E-state index contributed by atoms with van der Waals surface area (Å²) in [5.74, 6) is -12.9. The Kier molecular flexibility index (Phi) is 36.6. The van der Waals surface area contributed by atoms with E-state index in [0.717, 1.165) is 42.5 Å². The van der Waals surface area contributed by atoms with Crippen molar-refractivity contribution in [3.05, 3.63) is 154 Å². The normalized spacial score (nSPS) is 10.6. The van der Waals surface area contributed by atoms with Crippen LogP contribution in [0, 0.1) is 0 Å². The van der Waals surface area contributed by atoms with Crippen LogP contribution in [0.1, 0.15) is 82.9 Å². The number of hydrogen-bond donors (Lipinski definition) is 4. The maximum atomic E-state index is 14.1. The van der Waals surface area contributed by atoms with Crippen molar-refractivity contribution in [3.63, 3.8) is 0 Å². The van der Waals surface area contributed by atoms with Crippen LogP contribution in [-0.2, 0) is 39.7 Å². The second-order valence-electron chi connectivity index (χ2n) is 15.8. The van der Waals surface area contributed by atoms with E-state index in [-0.39, 0.29) is 264 Å². The molecule has 0 aromatic heterocycles. The molecule has 0 aliphatic carbocycles. The summed E-state index contributed by atoms with van der Waals surface area (Å²) in [4.78, 5) is 98.5. The number of aromatic carboxylic acids is 4. The number of carbonyl (C=O) groups is 8. The number of fused-ring (bicyclic) bond motifs is 2. The first-order valence-corrected chi connectivity index (χ1v) is 25.6. The molecule has 7 rings (SSSR count). The number of hydrogen-bond acceptors (Lipinski definition) is 25. The van der Waals surface area contributed by atoms with Crippen LogP contribution in [0.2, 0.25) is 0 Å². The predicted molar refractivity (Wildman–Crippen MR) is 248 cm³/mol. The van der Waals surface area contributed by atoms with E-state index in [4.69, 9.17) is 0 Å². The van der Waals surface area contributed by atoms with Crippen molar-refractivity contribution < 1.29 is 349 Å². The van der Waals surface area contributed by atoms with Crippen LogP contribution >= 0.6 is 12.0 Å². The van der Waals surface area contributed by atoms with Gasteiger partial charge in [0.05, 0.1) is 73.4 Å². The second-order valence-corrected chi connectivity index (χ2v) is 20.7. The second kappa shape index (κ2) is 36.3. The molecule has 86 heavy (non-hydrogen) atoms. The Bertz CT molecular complexity index is 4140. The van der Waals surface area contributed by atoms with Gasteiger partial charge in [0.15, 0.2) is 0 Å². The molecule has 28 nitrogen and oxygen atoms in total. The Morgan fingerprint density at radius 1 is 0.360 bits per heavy atom. The van der Waals surface area contributed by atoms with Crippen molar-refractivity contribution in [3.8, 4) is 0 Å². The van der Waals surface area contributed by atoms with Crippen molar-refractivity contribution in [2.24, 2.45) is 0 Å². The van der Waals surface area contributed by atoms with E-state index in [1.54, 1.807) is 0 Å². The molecule has 402 valence electrons. The number of nitrogens with one attached hydrogen (secondary N) is 4. The molecule has 0 spiro atoms. The van der Waals surface area contributed by atoms with Crippen LogP contribution in [0.4, 0.5) is 22.7 Å². The Morgan fingerprint density at radius 3 is 0.895 bits per heavy atom. The van der Waals surface area contributed by atoms with E-state index in [1.807, 2.05) is 0 Å². The van der Waals surface area contributed by atoms with E-state index >= 15 is 0 Å². The van der Waals surface area contributed by atoms with Crippen LogP contribution in [0.5, 0.6) is 0 Å². The van der Waals surface area contributed by atoms with Gasteiger partial charge in [-0.1, -0.05) is 6.07 Å². The maximum Gasteiger partial charge on any atom is 1.00 e. The Hall–Kier alpha value is -1.22. The van der Waals surface area contributed by atoms with Crippen LogP contribution in [0.15, 0.2) is 129 Å². The number of carboxylic acids is 4. The van der Waals surface area contributed by atoms with Gasteiger partial charge in [-0.25, -0.2) is 25.3 Å². The fourth-order valence-corrected chi connectivity index (χ4v) is 9.47. The molecule has 40 heteroatoms. The molecule has 7 aromatic carbocycles. The topological polar surface area (TPSA) is 490 Å². The number of benzene rings is 7.